The normalized spacial score (nSPS) is 15.1. The van der Waals surface area contributed by atoms with Crippen LogP contribution in [0.5, 0.6) is 0 Å². The summed E-state index contributed by atoms with van der Waals surface area (Å²) in [6.45, 7) is 4.33. The third-order valence-electron chi connectivity index (χ3n) is 4.94. The van der Waals surface area contributed by atoms with Gasteiger partial charge in [0.05, 0.1) is 6.54 Å². The average molecular weight is 517 g/mol. The minimum atomic E-state index is 0. The van der Waals surface area contributed by atoms with Gasteiger partial charge in [-0.3, -0.25) is 0 Å². The third kappa shape index (κ3) is 7.24. The number of nitrogens with one attached hydrogen (secondary N) is 2. The molecular formula is C20H30ClIN6. The Balaban J connectivity index is 0.00000280. The van der Waals surface area contributed by atoms with Crippen LogP contribution in [0, 0.1) is 0 Å². The lowest BCUT2D eigenvalue weighted by Crippen LogP contribution is -2.45. The van der Waals surface area contributed by atoms with E-state index in [1.165, 1.54) is 32.1 Å². The molecule has 1 aliphatic carbocycles. The summed E-state index contributed by atoms with van der Waals surface area (Å²) in [6.07, 6.45) is 9.04. The van der Waals surface area contributed by atoms with Crippen LogP contribution in [0.4, 0.5) is 0 Å². The molecule has 3 rings (SSSR count). The first kappa shape index (κ1) is 22.9. The van der Waals surface area contributed by atoms with E-state index in [1.807, 2.05) is 24.3 Å². The highest BCUT2D eigenvalue weighted by molar-refractivity contribution is 14.0. The first-order chi connectivity index (χ1) is 13.2. The van der Waals surface area contributed by atoms with Crippen molar-refractivity contribution in [3.05, 3.63) is 47.0 Å². The van der Waals surface area contributed by atoms with Crippen LogP contribution in [0.1, 0.15) is 50.4 Å². The molecular weight excluding hydrogens is 487 g/mol. The zero-order valence-electron chi connectivity index (χ0n) is 16.4. The van der Waals surface area contributed by atoms with Gasteiger partial charge in [0.25, 0.3) is 0 Å². The monoisotopic (exact) mass is 516 g/mol. The van der Waals surface area contributed by atoms with Gasteiger partial charge >= 0.3 is 0 Å². The van der Waals surface area contributed by atoms with Gasteiger partial charge in [-0.2, -0.15) is 0 Å². The number of aliphatic imine (C=N–C) groups is 1. The van der Waals surface area contributed by atoms with Crippen molar-refractivity contribution in [3.8, 4) is 0 Å². The lowest BCUT2D eigenvalue weighted by molar-refractivity contribution is 0.409. The van der Waals surface area contributed by atoms with Crippen molar-refractivity contribution >= 4 is 41.5 Å². The molecule has 154 valence electrons. The minimum Gasteiger partial charge on any atom is -0.355 e. The standard InChI is InChI=1S/C20H29ClN6.HI/c1-2-19-26-24-15-27(19)13-12-22-20(25-18-6-4-3-5-7-18)23-14-16-8-10-17(21)11-9-16;/h8-11,15,18H,2-7,12-14H2,1H3,(H2,22,23,25);1H. The topological polar surface area (TPSA) is 67.1 Å². The number of hydrogen-bond donors (Lipinski definition) is 2. The smallest absolute Gasteiger partial charge is 0.191 e. The van der Waals surface area contributed by atoms with Crippen molar-refractivity contribution in [2.24, 2.45) is 4.99 Å². The van der Waals surface area contributed by atoms with Crippen LogP contribution in [0.3, 0.4) is 0 Å². The number of aryl methyl sites for hydroxylation is 1. The first-order valence-corrected chi connectivity index (χ1v) is 10.3. The molecule has 2 aromatic rings. The van der Waals surface area contributed by atoms with E-state index in [0.717, 1.165) is 41.9 Å². The molecule has 28 heavy (non-hydrogen) atoms. The van der Waals surface area contributed by atoms with Crippen molar-refractivity contribution in [1.82, 2.24) is 25.4 Å². The van der Waals surface area contributed by atoms with E-state index in [4.69, 9.17) is 16.6 Å². The summed E-state index contributed by atoms with van der Waals surface area (Å²) in [4.78, 5) is 4.79. The highest BCUT2D eigenvalue weighted by Gasteiger charge is 2.14. The van der Waals surface area contributed by atoms with Gasteiger partial charge in [0.2, 0.25) is 0 Å². The lowest BCUT2D eigenvalue weighted by atomic mass is 9.96. The van der Waals surface area contributed by atoms with Gasteiger partial charge < -0.3 is 15.2 Å². The fourth-order valence-electron chi connectivity index (χ4n) is 3.39. The van der Waals surface area contributed by atoms with E-state index in [0.29, 0.717) is 12.6 Å². The lowest BCUT2D eigenvalue weighted by Gasteiger charge is -2.25. The molecule has 0 saturated heterocycles. The van der Waals surface area contributed by atoms with Crippen LogP contribution in [0.25, 0.3) is 0 Å². The van der Waals surface area contributed by atoms with E-state index in [-0.39, 0.29) is 24.0 Å². The summed E-state index contributed by atoms with van der Waals surface area (Å²) < 4.78 is 2.09. The van der Waals surface area contributed by atoms with E-state index < -0.39 is 0 Å². The molecule has 0 aliphatic heterocycles. The number of halogens is 2. The molecule has 8 heteroatoms. The van der Waals surface area contributed by atoms with Gasteiger partial charge in [0.15, 0.2) is 5.96 Å². The van der Waals surface area contributed by atoms with Gasteiger partial charge in [-0.05, 0) is 30.5 Å². The molecule has 0 amide bonds. The van der Waals surface area contributed by atoms with Gasteiger partial charge in [0.1, 0.15) is 12.2 Å². The number of benzene rings is 1. The molecule has 1 heterocycles. The fourth-order valence-corrected chi connectivity index (χ4v) is 3.51. The Hall–Kier alpha value is -1.35. The predicted octanol–water partition coefficient (Wildman–Crippen LogP) is 4.18. The average Bonchev–Trinajstić information content (AvgIpc) is 3.15. The van der Waals surface area contributed by atoms with E-state index >= 15 is 0 Å². The third-order valence-corrected chi connectivity index (χ3v) is 5.19. The number of hydrogen-bond acceptors (Lipinski definition) is 3. The molecule has 0 atom stereocenters. The molecule has 0 bridgehead atoms. The largest absolute Gasteiger partial charge is 0.355 e. The molecule has 0 unspecified atom stereocenters. The molecule has 1 saturated carbocycles. The summed E-state index contributed by atoms with van der Waals surface area (Å²) >= 11 is 5.97. The zero-order valence-corrected chi connectivity index (χ0v) is 19.5. The van der Waals surface area contributed by atoms with Gasteiger partial charge in [-0.15, -0.1) is 34.2 Å². The Labute approximate surface area is 189 Å². The van der Waals surface area contributed by atoms with Crippen LogP contribution in [-0.2, 0) is 19.5 Å². The molecule has 1 fully saturated rings. The van der Waals surface area contributed by atoms with Crippen molar-refractivity contribution in [2.75, 3.05) is 6.54 Å². The van der Waals surface area contributed by atoms with Crippen molar-refractivity contribution in [1.29, 1.82) is 0 Å². The Kier molecular flexibility index (Phi) is 10.0. The Morgan fingerprint density at radius 2 is 1.96 bits per heavy atom. The summed E-state index contributed by atoms with van der Waals surface area (Å²) in [5.41, 5.74) is 1.15. The molecule has 1 aromatic carbocycles. The highest BCUT2D eigenvalue weighted by atomic mass is 127. The maximum atomic E-state index is 5.97. The van der Waals surface area contributed by atoms with Crippen LogP contribution in [-0.4, -0.2) is 33.3 Å². The van der Waals surface area contributed by atoms with Crippen LogP contribution in [0.2, 0.25) is 5.02 Å². The number of rotatable bonds is 7. The van der Waals surface area contributed by atoms with E-state index in [2.05, 4.69) is 32.3 Å². The molecule has 6 nitrogen and oxygen atoms in total. The van der Waals surface area contributed by atoms with Crippen LogP contribution < -0.4 is 10.6 Å². The van der Waals surface area contributed by atoms with Crippen LogP contribution >= 0.6 is 35.6 Å². The van der Waals surface area contributed by atoms with Gasteiger partial charge in [0, 0.05) is 30.6 Å². The number of aromatic nitrogens is 3. The Morgan fingerprint density at radius 1 is 1.21 bits per heavy atom. The number of nitrogens with zero attached hydrogens (tertiary/aromatic N) is 4. The van der Waals surface area contributed by atoms with Crippen molar-refractivity contribution in [3.63, 3.8) is 0 Å². The Bertz CT molecular complexity index is 725. The molecule has 2 N–H and O–H groups in total. The molecule has 1 aromatic heterocycles. The maximum Gasteiger partial charge on any atom is 0.191 e. The summed E-state index contributed by atoms with van der Waals surface area (Å²) in [7, 11) is 0. The molecule has 0 radical (unpaired) electrons. The first-order valence-electron chi connectivity index (χ1n) is 9.90. The fraction of sp³-hybridized carbons (Fsp3) is 0.550. The van der Waals surface area contributed by atoms with Gasteiger partial charge in [-0.25, -0.2) is 4.99 Å². The SMILES string of the molecule is CCc1nncn1CCNC(=NCc1ccc(Cl)cc1)NC1CCCCC1.I. The zero-order chi connectivity index (χ0) is 18.9. The predicted molar refractivity (Wildman–Crippen MR) is 125 cm³/mol. The van der Waals surface area contributed by atoms with Crippen LogP contribution in [0.15, 0.2) is 35.6 Å². The van der Waals surface area contributed by atoms with E-state index in [1.54, 1.807) is 6.33 Å². The summed E-state index contributed by atoms with van der Waals surface area (Å²) in [5.74, 6) is 1.89. The second-order valence-corrected chi connectivity index (χ2v) is 7.43. The Morgan fingerprint density at radius 3 is 2.68 bits per heavy atom. The quantitative estimate of drug-likeness (QED) is 0.329. The van der Waals surface area contributed by atoms with Crippen molar-refractivity contribution in [2.45, 2.75) is 64.6 Å². The second-order valence-electron chi connectivity index (χ2n) is 6.99. The van der Waals surface area contributed by atoms with Crippen molar-refractivity contribution < 1.29 is 0 Å². The molecule has 1 aliphatic rings. The molecule has 0 spiro atoms. The summed E-state index contributed by atoms with van der Waals surface area (Å²) in [6, 6.07) is 8.37. The minimum absolute atomic E-state index is 0. The summed E-state index contributed by atoms with van der Waals surface area (Å²) in [5, 5.41) is 16.0. The number of guanidine groups is 1. The highest BCUT2D eigenvalue weighted by Crippen LogP contribution is 2.17. The van der Waals surface area contributed by atoms with E-state index in [9.17, 15) is 0 Å². The second kappa shape index (κ2) is 12.3. The maximum absolute atomic E-state index is 5.97. The van der Waals surface area contributed by atoms with Gasteiger partial charge in [-0.1, -0.05) is 49.9 Å².